The van der Waals surface area contributed by atoms with E-state index in [0.717, 1.165) is 36.0 Å². The fourth-order valence-electron chi connectivity index (χ4n) is 4.02. The number of likely N-dealkylation sites (N-methyl/N-ethyl adjacent to an activating group) is 1. The molecule has 0 aliphatic carbocycles. The molecule has 3 atom stereocenters. The Morgan fingerprint density at radius 1 is 1.18 bits per heavy atom. The molecule has 0 bridgehead atoms. The molecule has 9 heteroatoms. The van der Waals surface area contributed by atoms with E-state index in [0.29, 0.717) is 0 Å². The molecule has 0 saturated heterocycles. The Morgan fingerprint density at radius 3 is 2.55 bits per heavy atom. The number of amides is 2. The van der Waals surface area contributed by atoms with Gasteiger partial charge in [0.1, 0.15) is 0 Å². The van der Waals surface area contributed by atoms with Crippen molar-refractivity contribution in [1.29, 1.82) is 0 Å². The van der Waals surface area contributed by atoms with Gasteiger partial charge in [0.05, 0.1) is 24.0 Å². The van der Waals surface area contributed by atoms with Gasteiger partial charge in [0.15, 0.2) is 11.7 Å². The third-order valence-corrected chi connectivity index (χ3v) is 6.21. The van der Waals surface area contributed by atoms with Gasteiger partial charge in [-0.1, -0.05) is 24.3 Å². The van der Waals surface area contributed by atoms with Crippen molar-refractivity contribution in [3.8, 4) is 0 Å². The van der Waals surface area contributed by atoms with Crippen molar-refractivity contribution >= 4 is 17.5 Å². The third-order valence-electron chi connectivity index (χ3n) is 6.21. The second kappa shape index (κ2) is 8.93. The molecular formula is C24H29N5O4. The lowest BCUT2D eigenvalue weighted by Crippen LogP contribution is -2.58. The summed E-state index contributed by atoms with van der Waals surface area (Å²) in [7, 11) is 1.99. The number of carbonyl (C=O) groups is 2. The molecule has 0 unspecified atom stereocenters. The van der Waals surface area contributed by atoms with Crippen LogP contribution in [0.4, 0.5) is 5.69 Å². The molecule has 4 rings (SSSR count). The highest BCUT2D eigenvalue weighted by atomic mass is 16.4. The number of aliphatic hydroxyl groups is 2. The zero-order valence-electron chi connectivity index (χ0n) is 19.0. The summed E-state index contributed by atoms with van der Waals surface area (Å²) in [5.74, 6) is -1.54. The molecule has 2 aliphatic rings. The molecule has 174 valence electrons. The van der Waals surface area contributed by atoms with Gasteiger partial charge in [0, 0.05) is 32.5 Å². The number of anilines is 1. The Labute approximate surface area is 192 Å². The molecule has 9 nitrogen and oxygen atoms in total. The van der Waals surface area contributed by atoms with Gasteiger partial charge in [0.2, 0.25) is 0 Å². The quantitative estimate of drug-likeness (QED) is 0.603. The minimum atomic E-state index is -2.30. The van der Waals surface area contributed by atoms with Crippen LogP contribution in [0.3, 0.4) is 0 Å². The summed E-state index contributed by atoms with van der Waals surface area (Å²) >= 11 is 0. The molecule has 1 aromatic carbocycles. The molecule has 0 fully saturated rings. The van der Waals surface area contributed by atoms with E-state index in [1.807, 2.05) is 48.6 Å². The van der Waals surface area contributed by atoms with Crippen LogP contribution in [0, 0.1) is 0 Å². The first-order valence-electron chi connectivity index (χ1n) is 10.9. The first-order valence-corrected chi connectivity index (χ1v) is 10.9. The Kier molecular flexibility index (Phi) is 6.20. The molecule has 0 saturated carbocycles. The standard InChI is InChI=1S/C24H29N5O4/c1-16(17-7-9-19(10-8-17)29-13-5-12-27(29)3)26-23(32)24(2,33)21(30)22(31)28-14-18-6-4-11-25-20(18)15-28/h4-11,13,16,21,30,33H,12,14-15H2,1-3H3,(H,26,32)/t16-,21+,24-/m1/s1. The van der Waals surface area contributed by atoms with Crippen LogP contribution in [0.5, 0.6) is 0 Å². The monoisotopic (exact) mass is 451 g/mol. The smallest absolute Gasteiger partial charge is 0.255 e. The van der Waals surface area contributed by atoms with Gasteiger partial charge in [-0.25, -0.2) is 5.01 Å². The molecule has 2 amide bonds. The van der Waals surface area contributed by atoms with Gasteiger partial charge in [-0.15, -0.1) is 0 Å². The lowest BCUT2D eigenvalue weighted by atomic mass is 9.95. The number of fused-ring (bicyclic) bond motifs is 1. The van der Waals surface area contributed by atoms with Crippen LogP contribution in [0.2, 0.25) is 0 Å². The second-order valence-corrected chi connectivity index (χ2v) is 8.71. The predicted molar refractivity (Wildman–Crippen MR) is 122 cm³/mol. The first-order chi connectivity index (χ1) is 15.7. The first kappa shape index (κ1) is 22.9. The van der Waals surface area contributed by atoms with Crippen molar-refractivity contribution in [2.45, 2.75) is 44.7 Å². The summed E-state index contributed by atoms with van der Waals surface area (Å²) < 4.78 is 0. The molecule has 1 aromatic heterocycles. The topological polar surface area (TPSA) is 109 Å². The maximum atomic E-state index is 12.8. The summed E-state index contributed by atoms with van der Waals surface area (Å²) in [4.78, 5) is 31.2. The van der Waals surface area contributed by atoms with E-state index in [4.69, 9.17) is 0 Å². The number of rotatable bonds is 6. The summed E-state index contributed by atoms with van der Waals surface area (Å²) in [6, 6.07) is 10.9. The number of hydrogen-bond acceptors (Lipinski definition) is 7. The highest BCUT2D eigenvalue weighted by Crippen LogP contribution is 2.25. The second-order valence-electron chi connectivity index (χ2n) is 8.71. The van der Waals surface area contributed by atoms with Crippen LogP contribution < -0.4 is 10.3 Å². The van der Waals surface area contributed by atoms with Crippen LogP contribution >= 0.6 is 0 Å². The van der Waals surface area contributed by atoms with Crippen molar-refractivity contribution in [2.75, 3.05) is 18.6 Å². The molecule has 0 radical (unpaired) electrons. The van der Waals surface area contributed by atoms with Crippen molar-refractivity contribution in [2.24, 2.45) is 0 Å². The number of hydrogen-bond donors (Lipinski definition) is 3. The van der Waals surface area contributed by atoms with Crippen LogP contribution in [0.25, 0.3) is 0 Å². The van der Waals surface area contributed by atoms with E-state index in [-0.39, 0.29) is 13.1 Å². The third kappa shape index (κ3) is 4.47. The molecule has 0 spiro atoms. The number of aromatic nitrogens is 1. The summed E-state index contributed by atoms with van der Waals surface area (Å²) in [6.07, 6.45) is 3.79. The van der Waals surface area contributed by atoms with E-state index >= 15 is 0 Å². The van der Waals surface area contributed by atoms with Crippen molar-refractivity contribution in [3.05, 3.63) is 71.7 Å². The molecule has 2 aromatic rings. The number of carbonyl (C=O) groups excluding carboxylic acids is 2. The SMILES string of the molecule is C[C@@H](NC(=O)[C@](C)(O)[C@@H](O)C(=O)N1Cc2cccnc2C1)c1ccc(N2C=CCN2C)cc1. The maximum Gasteiger partial charge on any atom is 0.255 e. The van der Waals surface area contributed by atoms with Crippen molar-refractivity contribution in [3.63, 3.8) is 0 Å². The Morgan fingerprint density at radius 2 is 1.91 bits per heavy atom. The predicted octanol–water partition coefficient (Wildman–Crippen LogP) is 1.09. The van der Waals surface area contributed by atoms with Crippen LogP contribution in [0.15, 0.2) is 54.9 Å². The summed E-state index contributed by atoms with van der Waals surface area (Å²) in [5.41, 5.74) is 1.15. The fourth-order valence-corrected chi connectivity index (χ4v) is 4.02. The van der Waals surface area contributed by atoms with Gasteiger partial charge in [0.25, 0.3) is 11.8 Å². The summed E-state index contributed by atoms with van der Waals surface area (Å²) in [5, 5.41) is 28.1. The van der Waals surface area contributed by atoms with Crippen LogP contribution in [0.1, 0.15) is 36.7 Å². The van der Waals surface area contributed by atoms with Gasteiger partial charge >= 0.3 is 0 Å². The van der Waals surface area contributed by atoms with E-state index in [1.54, 1.807) is 19.2 Å². The molecular weight excluding hydrogens is 422 g/mol. The lowest BCUT2D eigenvalue weighted by Gasteiger charge is -2.31. The van der Waals surface area contributed by atoms with Gasteiger partial charge < -0.3 is 20.4 Å². The Bertz CT molecular complexity index is 1040. The average Bonchev–Trinajstić information content (AvgIpc) is 3.44. The maximum absolute atomic E-state index is 12.8. The number of aliphatic hydroxyl groups excluding tert-OH is 1. The number of nitrogens with zero attached hydrogens (tertiary/aromatic N) is 4. The van der Waals surface area contributed by atoms with E-state index in [9.17, 15) is 19.8 Å². The zero-order chi connectivity index (χ0) is 23.8. The minimum absolute atomic E-state index is 0.230. The van der Waals surface area contributed by atoms with Crippen LogP contribution in [-0.4, -0.2) is 62.2 Å². The number of benzene rings is 1. The molecule has 33 heavy (non-hydrogen) atoms. The fraction of sp³-hybridized carbons (Fsp3) is 0.375. The number of nitrogens with one attached hydrogen (secondary N) is 1. The van der Waals surface area contributed by atoms with Crippen LogP contribution in [-0.2, 0) is 22.7 Å². The minimum Gasteiger partial charge on any atom is -0.380 e. The van der Waals surface area contributed by atoms with Gasteiger partial charge in [-0.05, 0) is 43.2 Å². The van der Waals surface area contributed by atoms with Crippen molar-refractivity contribution < 1.29 is 19.8 Å². The lowest BCUT2D eigenvalue weighted by molar-refractivity contribution is -0.166. The highest BCUT2D eigenvalue weighted by molar-refractivity contribution is 5.94. The van der Waals surface area contributed by atoms with E-state index in [1.165, 1.54) is 4.90 Å². The molecule has 2 aliphatic heterocycles. The van der Waals surface area contributed by atoms with E-state index in [2.05, 4.69) is 21.4 Å². The molecule has 3 N–H and O–H groups in total. The van der Waals surface area contributed by atoms with Gasteiger partial charge in [-0.3, -0.25) is 19.6 Å². The van der Waals surface area contributed by atoms with Crippen molar-refractivity contribution in [1.82, 2.24) is 20.2 Å². The number of hydrazine groups is 1. The normalized spacial score (nSPS) is 19.2. The highest BCUT2D eigenvalue weighted by Gasteiger charge is 2.45. The Balaban J connectivity index is 1.38. The average molecular weight is 452 g/mol. The zero-order valence-corrected chi connectivity index (χ0v) is 19.0. The number of pyridine rings is 1. The van der Waals surface area contributed by atoms with E-state index < -0.39 is 29.6 Å². The molecule has 3 heterocycles. The Hall–Kier alpha value is -3.27. The van der Waals surface area contributed by atoms with Gasteiger partial charge in [-0.2, -0.15) is 0 Å². The summed E-state index contributed by atoms with van der Waals surface area (Å²) in [6.45, 7) is 4.28. The largest absolute Gasteiger partial charge is 0.380 e.